The van der Waals surface area contributed by atoms with Crippen LogP contribution in [0.1, 0.15) is 19.3 Å². The summed E-state index contributed by atoms with van der Waals surface area (Å²) in [6.07, 6.45) is 3.27. The molecule has 0 unspecified atom stereocenters. The van der Waals surface area contributed by atoms with Crippen LogP contribution in [0.2, 0.25) is 0 Å². The lowest BCUT2D eigenvalue weighted by atomic mass is 10.2. The molecule has 0 saturated heterocycles. The fourth-order valence-electron chi connectivity index (χ4n) is 0.581. The predicted molar refractivity (Wildman–Crippen MR) is 45.7 cm³/mol. The van der Waals surface area contributed by atoms with Crippen LogP contribution in [0.4, 0.5) is 0 Å². The molecule has 7 nitrogen and oxygen atoms in total. The van der Waals surface area contributed by atoms with Gasteiger partial charge in [0, 0.05) is 11.5 Å². The lowest BCUT2D eigenvalue weighted by molar-refractivity contribution is -0.368. The topological polar surface area (TPSA) is 135 Å². The summed E-state index contributed by atoms with van der Waals surface area (Å²) in [5, 5.41) is 3.40. The van der Waals surface area contributed by atoms with Gasteiger partial charge in [0.05, 0.1) is 6.54 Å². The highest BCUT2D eigenvalue weighted by Gasteiger charge is 1.84. The Labute approximate surface area is 70.6 Å². The largest absolute Gasteiger partial charge is 0.373 e. The van der Waals surface area contributed by atoms with Crippen molar-refractivity contribution in [2.75, 3.05) is 13.1 Å². The number of quaternary nitrogens is 1. The highest BCUT2D eigenvalue weighted by Crippen LogP contribution is 1.92. The summed E-state index contributed by atoms with van der Waals surface area (Å²) in [6, 6.07) is 0. The normalized spacial score (nSPS) is 7.08. The number of azide groups is 1. The molecule has 0 atom stereocenters. The van der Waals surface area contributed by atoms with Gasteiger partial charge in [-0.1, -0.05) is 5.11 Å². The van der Waals surface area contributed by atoms with E-state index in [1.807, 2.05) is 0 Å². The van der Waals surface area contributed by atoms with E-state index in [0.717, 1.165) is 25.8 Å². The van der Waals surface area contributed by atoms with Crippen LogP contribution in [0.5, 0.6) is 0 Å². The Balaban J connectivity index is 0. The van der Waals surface area contributed by atoms with E-state index in [9.17, 15) is 0 Å². The van der Waals surface area contributed by atoms with E-state index < -0.39 is 0 Å². The summed E-state index contributed by atoms with van der Waals surface area (Å²) in [5.41, 5.74) is 25.1. The first-order chi connectivity index (χ1) is 5.83. The molecule has 0 heterocycles. The van der Waals surface area contributed by atoms with E-state index in [4.69, 9.17) is 16.6 Å². The molecule has 0 saturated carbocycles. The van der Waals surface area contributed by atoms with Crippen molar-refractivity contribution in [2.45, 2.75) is 19.3 Å². The van der Waals surface area contributed by atoms with Crippen LogP contribution in [-0.2, 0) is 0 Å². The maximum atomic E-state index is 7.87. The number of unbranched alkanes of at least 4 members (excludes halogenated alkanes) is 2. The zero-order valence-electron chi connectivity index (χ0n) is 6.93. The Kier molecular flexibility index (Phi) is 17.9. The van der Waals surface area contributed by atoms with Crippen molar-refractivity contribution in [1.82, 2.24) is 0 Å². The molecular formula is C5H13N7. The third kappa shape index (κ3) is 23.5. The molecule has 0 aromatic rings. The highest BCUT2D eigenvalue weighted by atomic mass is 15.1. The molecule has 0 aromatic heterocycles. The van der Waals surface area contributed by atoms with E-state index in [1.165, 1.54) is 4.91 Å². The molecule has 68 valence electrons. The van der Waals surface area contributed by atoms with Crippen molar-refractivity contribution in [3.63, 3.8) is 0 Å². The van der Waals surface area contributed by atoms with Crippen molar-refractivity contribution in [1.29, 1.82) is 0 Å². The van der Waals surface area contributed by atoms with Crippen LogP contribution < -0.4 is 5.73 Å². The third-order valence-corrected chi connectivity index (χ3v) is 1.07. The molecule has 0 radical (unpaired) electrons. The monoisotopic (exact) mass is 171 g/mol. The van der Waals surface area contributed by atoms with Crippen molar-refractivity contribution < 1.29 is 5.73 Å². The second-order valence-electron chi connectivity index (χ2n) is 1.96. The predicted octanol–water partition coefficient (Wildman–Crippen LogP) is 1.57. The Bertz CT molecular complexity index is 153. The average molecular weight is 171 g/mol. The van der Waals surface area contributed by atoms with E-state index >= 15 is 0 Å². The van der Waals surface area contributed by atoms with Crippen molar-refractivity contribution in [3.05, 3.63) is 26.4 Å². The number of hydrogen-bond donors (Lipinski definition) is 1. The molecule has 0 spiro atoms. The first-order valence-electron chi connectivity index (χ1n) is 3.62. The van der Waals surface area contributed by atoms with Crippen LogP contribution >= 0.6 is 0 Å². The van der Waals surface area contributed by atoms with Gasteiger partial charge >= 0.3 is 0 Å². The van der Waals surface area contributed by atoms with Crippen molar-refractivity contribution >= 4 is 0 Å². The van der Waals surface area contributed by atoms with Crippen LogP contribution in [0.15, 0.2) is 5.11 Å². The average Bonchev–Trinajstić information content (AvgIpc) is 2.06. The van der Waals surface area contributed by atoms with E-state index in [0.29, 0.717) is 6.54 Å². The molecular weight excluding hydrogens is 158 g/mol. The van der Waals surface area contributed by atoms with Gasteiger partial charge < -0.3 is 16.8 Å². The minimum absolute atomic E-state index is 0.635. The molecule has 0 bridgehead atoms. The van der Waals surface area contributed by atoms with Gasteiger partial charge in [-0.05, 0) is 24.8 Å². The Hall–Kier alpha value is -1.42. The maximum absolute atomic E-state index is 7.87. The molecule has 0 aliphatic carbocycles. The van der Waals surface area contributed by atoms with Gasteiger partial charge in [0.15, 0.2) is 0 Å². The number of rotatable bonds is 5. The second-order valence-corrected chi connectivity index (χ2v) is 1.96. The second kappa shape index (κ2) is 16.3. The maximum Gasteiger partial charge on any atom is 0.0739 e. The van der Waals surface area contributed by atoms with Crippen LogP contribution in [0.25, 0.3) is 26.4 Å². The molecule has 0 fully saturated rings. The summed E-state index contributed by atoms with van der Waals surface area (Å²) in [6.45, 7) is 1.62. The van der Waals surface area contributed by atoms with Crippen molar-refractivity contribution in [3.8, 4) is 0 Å². The molecule has 0 amide bonds. The lowest BCUT2D eigenvalue weighted by Crippen LogP contribution is -2.50. The lowest BCUT2D eigenvalue weighted by Gasteiger charge is -1.89. The summed E-state index contributed by atoms with van der Waals surface area (Å²) in [7, 11) is 0. The fraction of sp³-hybridized carbons (Fsp3) is 1.00. The minimum Gasteiger partial charge on any atom is -0.373 e. The molecule has 0 aliphatic heterocycles. The van der Waals surface area contributed by atoms with Gasteiger partial charge in [-0.2, -0.15) is 0 Å². The summed E-state index contributed by atoms with van der Waals surface area (Å²) >= 11 is 0. The zero-order chi connectivity index (χ0) is 9.66. The van der Waals surface area contributed by atoms with E-state index in [2.05, 4.69) is 15.8 Å². The van der Waals surface area contributed by atoms with Gasteiger partial charge in [-0.15, -0.1) is 0 Å². The molecule has 0 rings (SSSR count). The van der Waals surface area contributed by atoms with Crippen LogP contribution in [-0.4, -0.2) is 13.1 Å². The van der Waals surface area contributed by atoms with E-state index in [1.54, 1.807) is 0 Å². The minimum atomic E-state index is 0.635. The Morgan fingerprint density at radius 1 is 1.08 bits per heavy atom. The smallest absolute Gasteiger partial charge is 0.0739 e. The standard InChI is InChI=1S/C5H12N4.N3/c6-4-2-1-3-5-8-9-7;1-3-2/h1-6H2;/q;-1/p+1. The summed E-state index contributed by atoms with van der Waals surface area (Å²) < 4.78 is 0. The summed E-state index contributed by atoms with van der Waals surface area (Å²) in [4.78, 5) is 4.14. The Morgan fingerprint density at radius 3 is 2.08 bits per heavy atom. The van der Waals surface area contributed by atoms with Gasteiger partial charge in [0.1, 0.15) is 0 Å². The van der Waals surface area contributed by atoms with Gasteiger partial charge in [-0.25, -0.2) is 0 Å². The molecule has 0 aliphatic rings. The Morgan fingerprint density at radius 2 is 1.67 bits per heavy atom. The van der Waals surface area contributed by atoms with E-state index in [-0.39, 0.29) is 0 Å². The number of hydrogen-bond acceptors (Lipinski definition) is 1. The fourth-order valence-corrected chi connectivity index (χ4v) is 0.581. The first-order valence-corrected chi connectivity index (χ1v) is 3.62. The quantitative estimate of drug-likeness (QED) is 0.278. The van der Waals surface area contributed by atoms with Crippen LogP contribution in [0.3, 0.4) is 0 Å². The SMILES string of the molecule is [N-]=[N+]=NCCCCC[NH3+].[N-]=[N+]=[N-]. The highest BCUT2D eigenvalue weighted by molar-refractivity contribution is 4.46. The first kappa shape index (κ1) is 13.2. The molecule has 3 N–H and O–H groups in total. The molecule has 0 aromatic carbocycles. The van der Waals surface area contributed by atoms with Gasteiger partial charge in [-0.3, -0.25) is 4.91 Å². The third-order valence-electron chi connectivity index (χ3n) is 1.07. The van der Waals surface area contributed by atoms with Gasteiger partial charge in [0.2, 0.25) is 0 Å². The van der Waals surface area contributed by atoms with Crippen LogP contribution in [0, 0.1) is 0 Å². The van der Waals surface area contributed by atoms with Crippen molar-refractivity contribution in [2.24, 2.45) is 5.11 Å². The summed E-state index contributed by atoms with van der Waals surface area (Å²) in [5.74, 6) is 0. The zero-order valence-corrected chi connectivity index (χ0v) is 6.93. The van der Waals surface area contributed by atoms with Gasteiger partial charge in [0.25, 0.3) is 0 Å². The number of nitrogens with zero attached hydrogens (tertiary/aromatic N) is 6. The molecule has 7 heteroatoms. The molecule has 12 heavy (non-hydrogen) atoms.